The van der Waals surface area contributed by atoms with Crippen LogP contribution in [0.4, 0.5) is 0 Å². The van der Waals surface area contributed by atoms with E-state index >= 15 is 0 Å². The minimum Gasteiger partial charge on any atom is -0.309 e. The first-order valence-corrected chi connectivity index (χ1v) is 22.0. The van der Waals surface area contributed by atoms with E-state index in [1.165, 1.54) is 110 Å². The van der Waals surface area contributed by atoms with Crippen molar-refractivity contribution in [1.29, 1.82) is 0 Å². The highest BCUT2D eigenvalue weighted by atomic mass is 15.0. The third-order valence-electron chi connectivity index (χ3n) is 13.3. The number of aromatic nitrogens is 3. The predicted octanol–water partition coefficient (Wildman–Crippen LogP) is 16.0. The van der Waals surface area contributed by atoms with Gasteiger partial charge in [-0.1, -0.05) is 127 Å². The average molecular weight is 804 g/mol. The Morgan fingerprint density at radius 3 is 1.13 bits per heavy atom. The van der Waals surface area contributed by atoms with Crippen LogP contribution in [0.25, 0.3) is 110 Å². The molecule has 1 aliphatic rings. The molecule has 296 valence electrons. The Hall–Kier alpha value is -8.14. The third-order valence-corrected chi connectivity index (χ3v) is 13.3. The monoisotopic (exact) mass is 803 g/mol. The summed E-state index contributed by atoms with van der Waals surface area (Å²) < 4.78 is 7.21. The van der Waals surface area contributed by atoms with Crippen molar-refractivity contribution in [3.8, 4) is 39.3 Å². The predicted molar refractivity (Wildman–Crippen MR) is 267 cm³/mol. The zero-order valence-corrected chi connectivity index (χ0v) is 34.6. The number of allylic oxidation sites excluding steroid dienone is 4. The molecule has 9 aromatic carbocycles. The van der Waals surface area contributed by atoms with Gasteiger partial charge in [0.2, 0.25) is 0 Å². The molecule has 1 aliphatic carbocycles. The van der Waals surface area contributed by atoms with Gasteiger partial charge in [0.25, 0.3) is 0 Å². The number of benzene rings is 9. The summed E-state index contributed by atoms with van der Waals surface area (Å²) in [5.74, 6) is 0. The van der Waals surface area contributed by atoms with Gasteiger partial charge in [-0.25, -0.2) is 0 Å². The van der Waals surface area contributed by atoms with Gasteiger partial charge in [0.15, 0.2) is 0 Å². The van der Waals surface area contributed by atoms with Crippen molar-refractivity contribution in [1.82, 2.24) is 13.7 Å². The summed E-state index contributed by atoms with van der Waals surface area (Å²) in [6, 6.07) is 76.0. The molecule has 3 heterocycles. The van der Waals surface area contributed by atoms with Crippen molar-refractivity contribution in [2.75, 3.05) is 0 Å². The molecule has 3 heteroatoms. The lowest BCUT2D eigenvalue weighted by molar-refractivity contribution is 1.05. The smallest absolute Gasteiger partial charge is 0.0541 e. The zero-order valence-electron chi connectivity index (χ0n) is 34.6. The number of hydrogen-bond acceptors (Lipinski definition) is 0. The summed E-state index contributed by atoms with van der Waals surface area (Å²) in [5, 5.41) is 7.57. The fourth-order valence-corrected chi connectivity index (χ4v) is 10.3. The maximum absolute atomic E-state index is 2.45. The summed E-state index contributed by atoms with van der Waals surface area (Å²) in [4.78, 5) is 0. The summed E-state index contributed by atoms with van der Waals surface area (Å²) in [6.45, 7) is 0. The highest BCUT2D eigenvalue weighted by molar-refractivity contribution is 6.14. The van der Waals surface area contributed by atoms with Crippen LogP contribution in [0, 0.1) is 0 Å². The summed E-state index contributed by atoms with van der Waals surface area (Å²) in [6.07, 6.45) is 8.89. The molecular weight excluding hydrogens is 763 g/mol. The molecule has 12 aromatic rings. The van der Waals surface area contributed by atoms with Crippen LogP contribution in [0.1, 0.15) is 18.4 Å². The van der Waals surface area contributed by atoms with Crippen molar-refractivity contribution in [2.45, 2.75) is 12.8 Å². The van der Waals surface area contributed by atoms with Crippen molar-refractivity contribution in [2.24, 2.45) is 0 Å². The highest BCUT2D eigenvalue weighted by Gasteiger charge is 2.18. The topological polar surface area (TPSA) is 14.8 Å². The van der Waals surface area contributed by atoms with Gasteiger partial charge in [-0.2, -0.15) is 0 Å². The molecule has 0 saturated heterocycles. The van der Waals surface area contributed by atoms with Gasteiger partial charge in [0, 0.05) is 49.4 Å². The number of para-hydroxylation sites is 4. The van der Waals surface area contributed by atoms with E-state index in [0.29, 0.717) is 0 Å². The van der Waals surface area contributed by atoms with Crippen LogP contribution in [-0.4, -0.2) is 13.7 Å². The maximum Gasteiger partial charge on any atom is 0.0541 e. The molecule has 0 atom stereocenters. The summed E-state index contributed by atoms with van der Waals surface area (Å²) >= 11 is 0. The zero-order chi connectivity index (χ0) is 41.4. The first-order valence-electron chi connectivity index (χ1n) is 22.0. The highest BCUT2D eigenvalue weighted by Crippen LogP contribution is 2.41. The average Bonchev–Trinajstić information content (AvgIpc) is 3.99. The van der Waals surface area contributed by atoms with E-state index < -0.39 is 0 Å². The Balaban J connectivity index is 0.941. The van der Waals surface area contributed by atoms with Crippen molar-refractivity contribution in [3.05, 3.63) is 230 Å². The SMILES string of the molecule is C1=CCCC(c2ccc3c(c2)c2cc(-c4ccc5c(c4)c4ccccc4n5-c4ccccc4)ccc2n3-c2ccc(-c3ccc4c(c3)c3ccccc3n4-c3ccccc3)cc2)=C1. The van der Waals surface area contributed by atoms with Gasteiger partial charge in [-0.05, 0) is 143 Å². The molecular formula is C60H41N3. The fraction of sp³-hybridized carbons (Fsp3) is 0.0333. The Labute approximate surface area is 365 Å². The molecule has 0 radical (unpaired) electrons. The van der Waals surface area contributed by atoms with Gasteiger partial charge in [0.05, 0.1) is 33.1 Å². The second-order valence-electron chi connectivity index (χ2n) is 16.8. The van der Waals surface area contributed by atoms with Gasteiger partial charge in [-0.3, -0.25) is 0 Å². The standard InChI is InChI=1S/C60H41N3/c1-4-14-40(15-5-1)42-26-33-59-53(37-42)54-39-45(44-28-34-58-52(38-44)50-21-11-13-23-56(50)62(58)47-18-8-3-9-19-47)29-35-60(54)63(59)48-30-24-41(25-31-48)43-27-32-57-51(36-43)49-20-10-12-22-55(49)61(57)46-16-6-2-7-17-46/h1-4,6-14,16-39H,5,15H2. The van der Waals surface area contributed by atoms with E-state index in [1.54, 1.807) is 0 Å². The van der Waals surface area contributed by atoms with E-state index in [4.69, 9.17) is 0 Å². The van der Waals surface area contributed by atoms with Crippen LogP contribution in [0.15, 0.2) is 224 Å². The lowest BCUT2D eigenvalue weighted by Crippen LogP contribution is -1.94. The molecule has 0 bridgehead atoms. The van der Waals surface area contributed by atoms with E-state index in [9.17, 15) is 0 Å². The van der Waals surface area contributed by atoms with Crippen molar-refractivity contribution >= 4 is 71.0 Å². The normalized spacial score (nSPS) is 13.0. The van der Waals surface area contributed by atoms with Crippen LogP contribution in [0.5, 0.6) is 0 Å². The Morgan fingerprint density at radius 1 is 0.286 bits per heavy atom. The minimum absolute atomic E-state index is 1.06. The molecule has 0 unspecified atom stereocenters. The number of rotatable bonds is 6. The number of fused-ring (bicyclic) bond motifs is 9. The Kier molecular flexibility index (Phi) is 8.04. The molecule has 63 heavy (non-hydrogen) atoms. The van der Waals surface area contributed by atoms with Crippen LogP contribution in [-0.2, 0) is 0 Å². The largest absolute Gasteiger partial charge is 0.309 e. The minimum atomic E-state index is 1.06. The van der Waals surface area contributed by atoms with Crippen LogP contribution in [0.2, 0.25) is 0 Å². The third kappa shape index (κ3) is 5.67. The molecule has 0 spiro atoms. The molecule has 0 N–H and O–H groups in total. The lowest BCUT2D eigenvalue weighted by atomic mass is 9.95. The fourth-order valence-electron chi connectivity index (χ4n) is 10.3. The van der Waals surface area contributed by atoms with Crippen LogP contribution >= 0.6 is 0 Å². The Morgan fingerprint density at radius 2 is 0.651 bits per heavy atom. The number of hydrogen-bond donors (Lipinski definition) is 0. The second-order valence-corrected chi connectivity index (χ2v) is 16.8. The lowest BCUT2D eigenvalue weighted by Gasteiger charge is -2.12. The van der Waals surface area contributed by atoms with E-state index in [0.717, 1.165) is 18.5 Å². The molecule has 0 amide bonds. The molecule has 3 aromatic heterocycles. The first kappa shape index (κ1) is 35.6. The van der Waals surface area contributed by atoms with Gasteiger partial charge in [0.1, 0.15) is 0 Å². The molecule has 0 saturated carbocycles. The van der Waals surface area contributed by atoms with E-state index in [2.05, 4.69) is 238 Å². The van der Waals surface area contributed by atoms with Crippen LogP contribution in [0.3, 0.4) is 0 Å². The van der Waals surface area contributed by atoms with Gasteiger partial charge < -0.3 is 13.7 Å². The molecule has 0 aliphatic heterocycles. The molecule has 3 nitrogen and oxygen atoms in total. The molecule has 0 fully saturated rings. The van der Waals surface area contributed by atoms with Gasteiger partial charge >= 0.3 is 0 Å². The Bertz CT molecular complexity index is 3820. The van der Waals surface area contributed by atoms with Crippen LogP contribution < -0.4 is 0 Å². The van der Waals surface area contributed by atoms with E-state index in [1.807, 2.05) is 0 Å². The van der Waals surface area contributed by atoms with Crippen molar-refractivity contribution in [3.63, 3.8) is 0 Å². The van der Waals surface area contributed by atoms with Crippen molar-refractivity contribution < 1.29 is 0 Å². The summed E-state index contributed by atoms with van der Waals surface area (Å²) in [7, 11) is 0. The maximum atomic E-state index is 2.45. The molecule has 13 rings (SSSR count). The number of nitrogens with zero attached hydrogens (tertiary/aromatic N) is 3. The van der Waals surface area contributed by atoms with E-state index in [-0.39, 0.29) is 0 Å². The van der Waals surface area contributed by atoms with Gasteiger partial charge in [-0.15, -0.1) is 0 Å². The second kappa shape index (κ2) is 14.2. The first-order chi connectivity index (χ1) is 31.2. The summed E-state index contributed by atoms with van der Waals surface area (Å²) in [5.41, 5.74) is 18.3. The quantitative estimate of drug-likeness (QED) is 0.159.